The highest BCUT2D eigenvalue weighted by molar-refractivity contribution is 5.99. The maximum atomic E-state index is 12.0. The number of aromatic hydroxyl groups is 1. The molecule has 0 spiro atoms. The van der Waals surface area contributed by atoms with E-state index in [0.717, 1.165) is 42.9 Å². The van der Waals surface area contributed by atoms with Crippen molar-refractivity contribution >= 4 is 17.3 Å². The summed E-state index contributed by atoms with van der Waals surface area (Å²) in [6, 6.07) is 3.89. The van der Waals surface area contributed by atoms with Crippen molar-refractivity contribution in [2.45, 2.75) is 45.1 Å². The van der Waals surface area contributed by atoms with E-state index in [-0.39, 0.29) is 40.1 Å². The van der Waals surface area contributed by atoms with Crippen molar-refractivity contribution in [2.75, 3.05) is 25.0 Å². The smallest absolute Gasteiger partial charge is 0.163 e. The van der Waals surface area contributed by atoms with Gasteiger partial charge in [0.1, 0.15) is 11.5 Å². The number of carbonyl (C=O) groups excluding carboxylic acids is 2. The lowest BCUT2D eigenvalue weighted by Gasteiger charge is -2.26. The lowest BCUT2D eigenvalue weighted by Crippen LogP contribution is -2.30. The Labute approximate surface area is 176 Å². The van der Waals surface area contributed by atoms with E-state index in [2.05, 4.69) is 16.8 Å². The van der Waals surface area contributed by atoms with Crippen molar-refractivity contribution in [2.24, 2.45) is 0 Å². The average molecular weight is 408 g/mol. The molecule has 1 aliphatic carbocycles. The number of rotatable bonds is 5. The predicted molar refractivity (Wildman–Crippen MR) is 116 cm³/mol. The van der Waals surface area contributed by atoms with Gasteiger partial charge >= 0.3 is 0 Å². The Morgan fingerprint density at radius 3 is 2.57 bits per heavy atom. The van der Waals surface area contributed by atoms with E-state index in [1.165, 1.54) is 20.3 Å². The summed E-state index contributed by atoms with van der Waals surface area (Å²) in [5.74, 6) is -0.679. The fourth-order valence-corrected chi connectivity index (χ4v) is 4.86. The molecule has 158 valence electrons. The van der Waals surface area contributed by atoms with Crippen molar-refractivity contribution in [3.63, 3.8) is 0 Å². The molecular formula is C24H28N2O4. The van der Waals surface area contributed by atoms with Crippen LogP contribution in [0.4, 0.5) is 5.69 Å². The van der Waals surface area contributed by atoms with Crippen LogP contribution in [0.2, 0.25) is 0 Å². The Morgan fingerprint density at radius 1 is 1.17 bits per heavy atom. The number of anilines is 1. The van der Waals surface area contributed by atoms with E-state index in [0.29, 0.717) is 6.04 Å². The summed E-state index contributed by atoms with van der Waals surface area (Å²) in [6.07, 6.45) is 8.51. The first-order valence-electron chi connectivity index (χ1n) is 10.5. The number of fused-ring (bicyclic) bond motifs is 3. The first-order chi connectivity index (χ1) is 14.3. The summed E-state index contributed by atoms with van der Waals surface area (Å²) in [7, 11) is 2.14. The molecule has 1 unspecified atom stereocenters. The molecule has 0 radical (unpaired) electrons. The van der Waals surface area contributed by atoms with Crippen LogP contribution in [0, 0.1) is 0 Å². The Kier molecular flexibility index (Phi) is 5.28. The number of benzene rings is 1. The Balaban J connectivity index is 1.78. The third-order valence-corrected chi connectivity index (χ3v) is 6.53. The fraction of sp³-hybridized carbons (Fsp3) is 0.417. The van der Waals surface area contributed by atoms with E-state index in [9.17, 15) is 19.8 Å². The van der Waals surface area contributed by atoms with Gasteiger partial charge in [-0.05, 0) is 58.3 Å². The van der Waals surface area contributed by atoms with Gasteiger partial charge in [-0.3, -0.25) is 9.59 Å². The third kappa shape index (κ3) is 3.45. The number of ketones is 2. The van der Waals surface area contributed by atoms with Gasteiger partial charge in [0.25, 0.3) is 0 Å². The third-order valence-electron chi connectivity index (χ3n) is 6.53. The molecule has 4 rings (SSSR count). The standard InChI is InChI=1S/C24H28N2O4/c1-14(27)17-6-7-18-20-11-19(15(2)28)24(30)13-22(20)26(21(18)12-23(17)29)10-8-16-5-4-9-25(16)3/h6-7,11-13,16,18,29-30H,4-5,8-10H2,1-3H3/t16-,18?/m1/s1. The van der Waals surface area contributed by atoms with Crippen LogP contribution in [0.5, 0.6) is 5.75 Å². The van der Waals surface area contributed by atoms with Crippen LogP contribution in [0.3, 0.4) is 0 Å². The van der Waals surface area contributed by atoms with E-state index < -0.39 is 0 Å². The van der Waals surface area contributed by atoms with Crippen LogP contribution in [0.1, 0.15) is 54.9 Å². The van der Waals surface area contributed by atoms with Gasteiger partial charge in [0, 0.05) is 42.0 Å². The highest BCUT2D eigenvalue weighted by Gasteiger charge is 2.36. The summed E-state index contributed by atoms with van der Waals surface area (Å²) in [6.45, 7) is 4.69. The minimum absolute atomic E-state index is 0.0329. The van der Waals surface area contributed by atoms with Gasteiger partial charge < -0.3 is 20.0 Å². The Morgan fingerprint density at radius 2 is 1.93 bits per heavy atom. The van der Waals surface area contributed by atoms with Crippen molar-refractivity contribution in [3.8, 4) is 5.75 Å². The maximum Gasteiger partial charge on any atom is 0.163 e. The van der Waals surface area contributed by atoms with Gasteiger partial charge in [-0.25, -0.2) is 0 Å². The average Bonchev–Trinajstić information content (AvgIpc) is 3.14. The molecule has 2 heterocycles. The minimum atomic E-state index is -0.199. The summed E-state index contributed by atoms with van der Waals surface area (Å²) < 4.78 is 0. The predicted octanol–water partition coefficient (Wildman–Crippen LogP) is 3.84. The molecule has 6 heteroatoms. The molecular weight excluding hydrogens is 380 g/mol. The molecule has 1 aromatic carbocycles. The number of Topliss-reactive ketones (excluding diaryl/α,β-unsaturated/α-hetero) is 2. The van der Waals surface area contributed by atoms with E-state index in [1.54, 1.807) is 24.3 Å². The number of nitrogens with zero attached hydrogens (tertiary/aromatic N) is 2. The topological polar surface area (TPSA) is 81.1 Å². The van der Waals surface area contributed by atoms with Crippen LogP contribution in [-0.4, -0.2) is 52.9 Å². The fourth-order valence-electron chi connectivity index (χ4n) is 4.86. The summed E-state index contributed by atoms with van der Waals surface area (Å²) >= 11 is 0. The zero-order valence-electron chi connectivity index (χ0n) is 17.7. The lowest BCUT2D eigenvalue weighted by molar-refractivity contribution is -0.113. The molecule has 0 aromatic heterocycles. The second-order valence-corrected chi connectivity index (χ2v) is 8.46. The van der Waals surface area contributed by atoms with Crippen molar-refractivity contribution in [3.05, 3.63) is 58.5 Å². The number of hydrogen-bond donors (Lipinski definition) is 2. The molecule has 2 aliphatic heterocycles. The number of carbonyl (C=O) groups is 2. The highest BCUT2D eigenvalue weighted by Crippen LogP contribution is 2.48. The molecule has 0 saturated carbocycles. The zero-order chi connectivity index (χ0) is 21.6. The van der Waals surface area contributed by atoms with Crippen LogP contribution < -0.4 is 4.90 Å². The molecule has 1 saturated heterocycles. The van der Waals surface area contributed by atoms with Gasteiger partial charge in [-0.2, -0.15) is 0 Å². The van der Waals surface area contributed by atoms with Gasteiger partial charge in [0.15, 0.2) is 11.6 Å². The quantitative estimate of drug-likeness (QED) is 0.721. The van der Waals surface area contributed by atoms with Crippen LogP contribution in [0.25, 0.3) is 0 Å². The molecule has 0 bridgehead atoms. The van der Waals surface area contributed by atoms with Crippen molar-refractivity contribution < 1.29 is 19.8 Å². The van der Waals surface area contributed by atoms with E-state index in [4.69, 9.17) is 0 Å². The summed E-state index contributed by atoms with van der Waals surface area (Å²) in [5.41, 5.74) is 3.17. The second kappa shape index (κ2) is 7.76. The number of likely N-dealkylation sites (tertiary alicyclic amines) is 1. The molecule has 2 atom stereocenters. The Hall–Kier alpha value is -2.86. The first-order valence-corrected chi connectivity index (χ1v) is 10.5. The SMILES string of the molecule is CC(=O)C1=C(O)C=C2C(C=C1)c1cc(C(C)=O)c(O)cc1N2CC[C@H]1CCCN1C. The number of aliphatic hydroxyl groups is 1. The van der Waals surface area contributed by atoms with E-state index >= 15 is 0 Å². The highest BCUT2D eigenvalue weighted by atomic mass is 16.3. The molecule has 1 fully saturated rings. The molecule has 0 amide bonds. The van der Waals surface area contributed by atoms with Crippen LogP contribution >= 0.6 is 0 Å². The van der Waals surface area contributed by atoms with Crippen LogP contribution in [0.15, 0.2) is 47.4 Å². The summed E-state index contributed by atoms with van der Waals surface area (Å²) in [4.78, 5) is 28.4. The molecule has 1 aromatic rings. The van der Waals surface area contributed by atoms with Gasteiger partial charge in [-0.15, -0.1) is 0 Å². The Bertz CT molecular complexity index is 1000. The number of hydrogen-bond acceptors (Lipinski definition) is 6. The second-order valence-electron chi connectivity index (χ2n) is 8.46. The largest absolute Gasteiger partial charge is 0.507 e. The lowest BCUT2D eigenvalue weighted by atomic mass is 9.95. The molecule has 2 N–H and O–H groups in total. The van der Waals surface area contributed by atoms with Gasteiger partial charge in [0.2, 0.25) is 0 Å². The maximum absolute atomic E-state index is 12.0. The van der Waals surface area contributed by atoms with Crippen molar-refractivity contribution in [1.29, 1.82) is 0 Å². The molecule has 6 nitrogen and oxygen atoms in total. The summed E-state index contributed by atoms with van der Waals surface area (Å²) in [5, 5.41) is 21.0. The number of allylic oxidation sites excluding steroid dienone is 4. The van der Waals surface area contributed by atoms with Crippen LogP contribution in [-0.2, 0) is 4.79 Å². The molecule has 30 heavy (non-hydrogen) atoms. The minimum Gasteiger partial charge on any atom is -0.507 e. The number of phenolic OH excluding ortho intramolecular Hbond substituents is 1. The normalized spacial score (nSPS) is 23.3. The van der Waals surface area contributed by atoms with E-state index in [1.807, 2.05) is 6.08 Å². The van der Waals surface area contributed by atoms with Gasteiger partial charge in [0.05, 0.1) is 11.1 Å². The van der Waals surface area contributed by atoms with Gasteiger partial charge in [-0.1, -0.05) is 12.2 Å². The monoisotopic (exact) mass is 408 g/mol. The number of phenols is 1. The molecule has 3 aliphatic rings. The first kappa shape index (κ1) is 20.4. The van der Waals surface area contributed by atoms with Crippen molar-refractivity contribution in [1.82, 2.24) is 4.90 Å². The number of aliphatic hydroxyl groups excluding tert-OH is 1. The zero-order valence-corrected chi connectivity index (χ0v) is 17.7.